The smallest absolute Gasteiger partial charge is 0.269 e. The number of nitrogens with zero attached hydrogens (tertiary/aromatic N) is 3. The molecular formula is C22H27N3O4. The average Bonchev–Trinajstić information content (AvgIpc) is 2.72. The number of carbonyl (C=O) groups is 1. The monoisotopic (exact) mass is 397 g/mol. The molecule has 0 N–H and O–H groups in total. The molecule has 154 valence electrons. The molecule has 0 spiro atoms. The van der Waals surface area contributed by atoms with Gasteiger partial charge >= 0.3 is 0 Å². The first kappa shape index (κ1) is 21.0. The third-order valence-electron chi connectivity index (χ3n) is 5.30. The van der Waals surface area contributed by atoms with Gasteiger partial charge in [-0.1, -0.05) is 37.3 Å². The Morgan fingerprint density at radius 1 is 1.14 bits per heavy atom. The summed E-state index contributed by atoms with van der Waals surface area (Å²) in [7, 11) is 0. The van der Waals surface area contributed by atoms with E-state index in [9.17, 15) is 14.9 Å². The van der Waals surface area contributed by atoms with E-state index >= 15 is 0 Å². The zero-order valence-electron chi connectivity index (χ0n) is 17.0. The van der Waals surface area contributed by atoms with Gasteiger partial charge in [0.1, 0.15) is 0 Å². The van der Waals surface area contributed by atoms with Crippen LogP contribution in [0.1, 0.15) is 30.0 Å². The van der Waals surface area contributed by atoms with Gasteiger partial charge in [0.15, 0.2) is 0 Å². The molecule has 0 saturated carbocycles. The highest BCUT2D eigenvalue weighted by atomic mass is 16.7. The number of aryl methyl sites for hydroxylation is 2. The Morgan fingerprint density at radius 3 is 2.59 bits per heavy atom. The maximum Gasteiger partial charge on any atom is 0.269 e. The summed E-state index contributed by atoms with van der Waals surface area (Å²) in [5.74, 6) is 0.000674. The highest BCUT2D eigenvalue weighted by Crippen LogP contribution is 2.31. The van der Waals surface area contributed by atoms with Crippen LogP contribution >= 0.6 is 0 Å². The van der Waals surface area contributed by atoms with Crippen molar-refractivity contribution in [3.8, 4) is 0 Å². The number of hydrogen-bond donors (Lipinski definition) is 0. The Morgan fingerprint density at radius 2 is 1.90 bits per heavy atom. The van der Waals surface area contributed by atoms with Crippen molar-refractivity contribution < 1.29 is 14.6 Å². The second-order valence-electron chi connectivity index (χ2n) is 7.21. The molecule has 7 nitrogen and oxygen atoms in total. The van der Waals surface area contributed by atoms with Crippen LogP contribution in [0.3, 0.4) is 0 Å². The van der Waals surface area contributed by atoms with Crippen LogP contribution in [0.5, 0.6) is 0 Å². The van der Waals surface area contributed by atoms with E-state index in [-0.39, 0.29) is 16.5 Å². The van der Waals surface area contributed by atoms with Crippen LogP contribution < -0.4 is 5.06 Å². The first-order valence-electron chi connectivity index (χ1n) is 9.99. The van der Waals surface area contributed by atoms with Crippen LogP contribution in [-0.2, 0) is 22.5 Å². The Hall–Kier alpha value is -2.77. The molecule has 0 atom stereocenters. The number of likely N-dealkylation sites (N-methyl/N-ethyl adjacent to an activating group) is 1. The number of anilines is 1. The molecule has 0 aliphatic carbocycles. The minimum absolute atomic E-state index is 0.000674. The van der Waals surface area contributed by atoms with Gasteiger partial charge in [0.05, 0.1) is 17.2 Å². The van der Waals surface area contributed by atoms with Gasteiger partial charge in [-0.3, -0.25) is 19.7 Å². The van der Waals surface area contributed by atoms with Crippen LogP contribution in [0.15, 0.2) is 42.5 Å². The molecule has 1 amide bonds. The van der Waals surface area contributed by atoms with Crippen molar-refractivity contribution in [1.82, 2.24) is 4.90 Å². The molecule has 3 rings (SSSR count). The second-order valence-corrected chi connectivity index (χ2v) is 7.21. The summed E-state index contributed by atoms with van der Waals surface area (Å²) in [6, 6.07) is 12.7. The number of benzene rings is 2. The van der Waals surface area contributed by atoms with Crippen molar-refractivity contribution in [2.75, 3.05) is 31.3 Å². The van der Waals surface area contributed by atoms with Gasteiger partial charge in [0.2, 0.25) is 0 Å². The van der Waals surface area contributed by atoms with Crippen LogP contribution in [0.25, 0.3) is 0 Å². The Kier molecular flexibility index (Phi) is 6.95. The first-order valence-corrected chi connectivity index (χ1v) is 9.99. The van der Waals surface area contributed by atoms with E-state index in [1.54, 1.807) is 12.1 Å². The molecule has 0 radical (unpaired) electrons. The third kappa shape index (κ3) is 5.19. The summed E-state index contributed by atoms with van der Waals surface area (Å²) < 4.78 is 0. The van der Waals surface area contributed by atoms with E-state index in [2.05, 4.69) is 11.8 Å². The maximum absolute atomic E-state index is 12.4. The normalized spacial score (nSPS) is 13.6. The van der Waals surface area contributed by atoms with Gasteiger partial charge in [0.25, 0.3) is 11.6 Å². The fraction of sp³-hybridized carbons (Fsp3) is 0.409. The number of amides is 1. The number of nitro groups is 1. The molecule has 0 unspecified atom stereocenters. The number of rotatable bonds is 9. The summed E-state index contributed by atoms with van der Waals surface area (Å²) >= 11 is 0. The minimum atomic E-state index is -0.388. The minimum Gasteiger partial charge on any atom is -0.301 e. The fourth-order valence-corrected chi connectivity index (χ4v) is 3.58. The van der Waals surface area contributed by atoms with Crippen molar-refractivity contribution in [2.45, 2.75) is 33.1 Å². The summed E-state index contributed by atoms with van der Waals surface area (Å²) in [4.78, 5) is 30.9. The van der Waals surface area contributed by atoms with Crippen LogP contribution in [-0.4, -0.2) is 42.0 Å². The van der Waals surface area contributed by atoms with Gasteiger partial charge in [-0.15, -0.1) is 0 Å². The lowest BCUT2D eigenvalue weighted by atomic mass is 9.99. The largest absolute Gasteiger partial charge is 0.301 e. The van der Waals surface area contributed by atoms with Crippen molar-refractivity contribution in [2.24, 2.45) is 0 Å². The molecule has 1 heterocycles. The third-order valence-corrected chi connectivity index (χ3v) is 5.30. The molecular weight excluding hydrogens is 370 g/mol. The van der Waals surface area contributed by atoms with E-state index in [0.717, 1.165) is 48.3 Å². The molecule has 2 aromatic rings. The van der Waals surface area contributed by atoms with Gasteiger partial charge < -0.3 is 4.90 Å². The molecule has 7 heteroatoms. The molecule has 0 bridgehead atoms. The molecule has 0 fully saturated rings. The lowest BCUT2D eigenvalue weighted by molar-refractivity contribution is -0.384. The predicted molar refractivity (Wildman–Crippen MR) is 112 cm³/mol. The molecule has 0 saturated heterocycles. The average molecular weight is 397 g/mol. The highest BCUT2D eigenvalue weighted by molar-refractivity contribution is 5.95. The molecule has 1 aliphatic heterocycles. The van der Waals surface area contributed by atoms with Gasteiger partial charge in [-0.05, 0) is 43.0 Å². The van der Waals surface area contributed by atoms with E-state index in [0.29, 0.717) is 19.6 Å². The lowest BCUT2D eigenvalue weighted by Crippen LogP contribution is -2.38. The second kappa shape index (κ2) is 9.62. The number of fused-ring (bicyclic) bond motifs is 1. The van der Waals surface area contributed by atoms with Crippen molar-refractivity contribution in [3.05, 3.63) is 69.3 Å². The molecule has 2 aromatic carbocycles. The fourth-order valence-electron chi connectivity index (χ4n) is 3.58. The van der Waals surface area contributed by atoms with Gasteiger partial charge in [-0.25, -0.2) is 0 Å². The van der Waals surface area contributed by atoms with E-state index in [4.69, 9.17) is 4.84 Å². The quantitative estimate of drug-likeness (QED) is 0.477. The highest BCUT2D eigenvalue weighted by Gasteiger charge is 2.26. The maximum atomic E-state index is 12.4. The summed E-state index contributed by atoms with van der Waals surface area (Å²) in [6.07, 6.45) is 2.02. The van der Waals surface area contributed by atoms with Crippen molar-refractivity contribution >= 4 is 17.3 Å². The number of hydrogen-bond acceptors (Lipinski definition) is 5. The first-order chi connectivity index (χ1) is 14.0. The van der Waals surface area contributed by atoms with Gasteiger partial charge in [0, 0.05) is 31.6 Å². The molecule has 0 aromatic heterocycles. The Labute approximate surface area is 171 Å². The topological polar surface area (TPSA) is 75.9 Å². The molecule has 1 aliphatic rings. The predicted octanol–water partition coefficient (Wildman–Crippen LogP) is 3.68. The van der Waals surface area contributed by atoms with Crippen LogP contribution in [0, 0.1) is 17.0 Å². The van der Waals surface area contributed by atoms with Gasteiger partial charge in [-0.2, -0.15) is 5.06 Å². The zero-order valence-corrected chi connectivity index (χ0v) is 17.0. The lowest BCUT2D eigenvalue weighted by Gasteiger charge is -2.30. The Bertz CT molecular complexity index is 867. The number of non-ortho nitro benzene ring substituents is 1. The van der Waals surface area contributed by atoms with Crippen molar-refractivity contribution in [3.63, 3.8) is 0 Å². The number of carbonyl (C=O) groups excluding carboxylic acids is 1. The number of para-hydroxylation sites is 1. The summed E-state index contributed by atoms with van der Waals surface area (Å²) in [5.41, 5.74) is 4.25. The molecule has 29 heavy (non-hydrogen) atoms. The van der Waals surface area contributed by atoms with E-state index in [1.165, 1.54) is 17.2 Å². The van der Waals surface area contributed by atoms with Crippen molar-refractivity contribution in [1.29, 1.82) is 0 Å². The summed E-state index contributed by atoms with van der Waals surface area (Å²) in [6.45, 7) is 6.89. The Balaban J connectivity index is 1.52. The zero-order chi connectivity index (χ0) is 20.8. The van der Waals surface area contributed by atoms with Crippen LogP contribution in [0.4, 0.5) is 11.4 Å². The number of hydroxylamine groups is 1. The standard InChI is InChI=1S/C22H27N3O4/c1-3-23(14-13-18-7-10-20(11-8-18)25(27)28)15-16-29-24-21(26)12-9-19-6-4-5-17(2)22(19)24/h4-8,10-11H,3,9,12-16H2,1-2H3. The number of nitro benzene ring substituents is 1. The summed E-state index contributed by atoms with van der Waals surface area (Å²) in [5, 5.41) is 12.2. The SMILES string of the molecule is CCN(CCON1C(=O)CCc2cccc(C)c21)CCc1ccc([N+](=O)[O-])cc1. The van der Waals surface area contributed by atoms with Crippen LogP contribution in [0.2, 0.25) is 0 Å². The van der Waals surface area contributed by atoms with E-state index < -0.39 is 0 Å². The van der Waals surface area contributed by atoms with E-state index in [1.807, 2.05) is 25.1 Å².